The lowest BCUT2D eigenvalue weighted by Gasteiger charge is -2.13. The molecule has 0 aliphatic carbocycles. The average Bonchev–Trinajstić information content (AvgIpc) is 2.77. The minimum Gasteiger partial charge on any atom is -0.383 e. The fourth-order valence-electron chi connectivity index (χ4n) is 1.31. The molecule has 3 N–H and O–H groups in total. The number of nitrogens with zero attached hydrogens (tertiary/aromatic N) is 4. The topological polar surface area (TPSA) is 81.7 Å². The van der Waals surface area contributed by atoms with Crippen LogP contribution in [0.5, 0.6) is 0 Å². The molecule has 7 heteroatoms. The quantitative estimate of drug-likeness (QED) is 0.903. The molecule has 0 aliphatic heterocycles. The molecule has 0 saturated carbocycles. The van der Waals surface area contributed by atoms with Crippen LogP contribution in [0, 0.1) is 0 Å². The lowest BCUT2D eigenvalue weighted by Crippen LogP contribution is -2.15. The van der Waals surface area contributed by atoms with Gasteiger partial charge in [-0.2, -0.15) is 15.1 Å². The van der Waals surface area contributed by atoms with Crippen molar-refractivity contribution in [3.63, 3.8) is 0 Å². The Bertz CT molecular complexity index is 508. The molecule has 17 heavy (non-hydrogen) atoms. The van der Waals surface area contributed by atoms with Gasteiger partial charge in [0.1, 0.15) is 16.1 Å². The van der Waals surface area contributed by atoms with E-state index >= 15 is 0 Å². The first kappa shape index (κ1) is 11.8. The van der Waals surface area contributed by atoms with Crippen LogP contribution in [0.25, 0.3) is 5.95 Å². The van der Waals surface area contributed by atoms with E-state index in [0.29, 0.717) is 22.1 Å². The Hall–Kier alpha value is -1.63. The Morgan fingerprint density at radius 3 is 2.76 bits per heavy atom. The van der Waals surface area contributed by atoms with Crippen LogP contribution in [0.15, 0.2) is 22.9 Å². The van der Waals surface area contributed by atoms with E-state index in [9.17, 15) is 0 Å². The van der Waals surface area contributed by atoms with Gasteiger partial charge < -0.3 is 11.1 Å². The van der Waals surface area contributed by atoms with Gasteiger partial charge in [-0.3, -0.25) is 0 Å². The number of halogens is 1. The van der Waals surface area contributed by atoms with Gasteiger partial charge in [-0.15, -0.1) is 0 Å². The third-order valence-corrected chi connectivity index (χ3v) is 2.78. The summed E-state index contributed by atoms with van der Waals surface area (Å²) in [6.07, 6.45) is 3.43. The van der Waals surface area contributed by atoms with Crippen molar-refractivity contribution in [2.45, 2.75) is 19.9 Å². The van der Waals surface area contributed by atoms with Crippen LogP contribution in [0.4, 0.5) is 11.6 Å². The zero-order valence-corrected chi connectivity index (χ0v) is 11.1. The van der Waals surface area contributed by atoms with Gasteiger partial charge in [0.05, 0.1) is 0 Å². The van der Waals surface area contributed by atoms with Gasteiger partial charge in [-0.1, -0.05) is 0 Å². The molecule has 0 amide bonds. The molecule has 2 aromatic heterocycles. The molecule has 0 aromatic carbocycles. The predicted molar refractivity (Wildman–Crippen MR) is 70.0 cm³/mol. The first-order valence-corrected chi connectivity index (χ1v) is 5.97. The minimum absolute atomic E-state index is 0.256. The van der Waals surface area contributed by atoms with Crippen LogP contribution in [-0.4, -0.2) is 25.8 Å². The van der Waals surface area contributed by atoms with E-state index in [1.54, 1.807) is 23.1 Å². The summed E-state index contributed by atoms with van der Waals surface area (Å²) in [7, 11) is 0. The summed E-state index contributed by atoms with van der Waals surface area (Å²) in [4.78, 5) is 8.53. The molecule has 2 rings (SSSR count). The van der Waals surface area contributed by atoms with Crippen molar-refractivity contribution in [3.05, 3.63) is 22.9 Å². The van der Waals surface area contributed by atoms with Crippen LogP contribution < -0.4 is 11.1 Å². The smallest absolute Gasteiger partial charge is 0.254 e. The normalized spacial score (nSPS) is 10.8. The minimum atomic E-state index is 0.256. The van der Waals surface area contributed by atoms with Gasteiger partial charge >= 0.3 is 0 Å². The van der Waals surface area contributed by atoms with Crippen LogP contribution in [0.2, 0.25) is 0 Å². The highest BCUT2D eigenvalue weighted by molar-refractivity contribution is 9.10. The fraction of sp³-hybridized carbons (Fsp3) is 0.300. The van der Waals surface area contributed by atoms with E-state index in [1.165, 1.54) is 0 Å². The van der Waals surface area contributed by atoms with E-state index in [0.717, 1.165) is 0 Å². The summed E-state index contributed by atoms with van der Waals surface area (Å²) in [6.45, 7) is 4.05. The Morgan fingerprint density at radius 1 is 1.41 bits per heavy atom. The largest absolute Gasteiger partial charge is 0.383 e. The summed E-state index contributed by atoms with van der Waals surface area (Å²) in [5, 5.41) is 7.27. The highest BCUT2D eigenvalue weighted by Crippen LogP contribution is 2.26. The van der Waals surface area contributed by atoms with Crippen LogP contribution in [0.1, 0.15) is 13.8 Å². The number of nitrogens with two attached hydrogens (primary N) is 1. The Balaban J connectivity index is 2.46. The van der Waals surface area contributed by atoms with Gasteiger partial charge in [0.15, 0.2) is 0 Å². The predicted octanol–water partition coefficient (Wildman–Crippen LogP) is 1.83. The molecule has 90 valence electrons. The number of nitrogen functional groups attached to an aromatic ring is 1. The van der Waals surface area contributed by atoms with Crippen molar-refractivity contribution in [1.29, 1.82) is 0 Å². The van der Waals surface area contributed by atoms with Gasteiger partial charge in [-0.25, -0.2) is 4.68 Å². The molecular formula is C10H13BrN6. The maximum Gasteiger partial charge on any atom is 0.254 e. The summed E-state index contributed by atoms with van der Waals surface area (Å²) >= 11 is 3.36. The molecule has 0 atom stereocenters. The highest BCUT2D eigenvalue weighted by Gasteiger charge is 2.12. The lowest BCUT2D eigenvalue weighted by molar-refractivity contribution is 0.802. The third kappa shape index (κ3) is 2.55. The first-order valence-electron chi connectivity index (χ1n) is 5.17. The molecule has 0 fully saturated rings. The van der Waals surface area contributed by atoms with Crippen molar-refractivity contribution in [3.8, 4) is 5.95 Å². The van der Waals surface area contributed by atoms with Crippen molar-refractivity contribution in [2.75, 3.05) is 11.1 Å². The van der Waals surface area contributed by atoms with E-state index in [1.807, 2.05) is 13.8 Å². The molecule has 0 bridgehead atoms. The van der Waals surface area contributed by atoms with Gasteiger partial charge in [0.2, 0.25) is 0 Å². The monoisotopic (exact) mass is 296 g/mol. The zero-order chi connectivity index (χ0) is 12.4. The molecule has 0 aliphatic rings. The summed E-state index contributed by atoms with van der Waals surface area (Å²) < 4.78 is 2.23. The zero-order valence-electron chi connectivity index (χ0n) is 9.55. The van der Waals surface area contributed by atoms with Crippen molar-refractivity contribution in [2.24, 2.45) is 0 Å². The number of aromatic nitrogens is 4. The Labute approximate surface area is 107 Å². The fourth-order valence-corrected chi connectivity index (χ4v) is 1.60. The Kier molecular flexibility index (Phi) is 3.28. The highest BCUT2D eigenvalue weighted by atomic mass is 79.9. The van der Waals surface area contributed by atoms with Crippen LogP contribution in [-0.2, 0) is 0 Å². The second kappa shape index (κ2) is 4.70. The summed E-state index contributed by atoms with van der Waals surface area (Å²) in [5.74, 6) is 1.49. The summed E-state index contributed by atoms with van der Waals surface area (Å²) in [5.41, 5.74) is 5.82. The molecule has 2 aromatic rings. The molecule has 2 heterocycles. The first-order chi connectivity index (χ1) is 8.08. The molecular weight excluding hydrogens is 284 g/mol. The van der Waals surface area contributed by atoms with Gasteiger partial charge in [0, 0.05) is 18.4 Å². The SMILES string of the molecule is CC(C)Nc1nc(-n2cccn2)nc(N)c1Br. The number of hydrogen-bond donors (Lipinski definition) is 2. The Morgan fingerprint density at radius 2 is 2.18 bits per heavy atom. The standard InChI is InChI=1S/C10H13BrN6/c1-6(2)14-9-7(11)8(12)15-10(16-9)17-5-3-4-13-17/h3-6H,1-2H3,(H3,12,14,15,16). The summed E-state index contributed by atoms with van der Waals surface area (Å²) in [6, 6.07) is 2.06. The second-order valence-corrected chi connectivity index (χ2v) is 4.61. The van der Waals surface area contributed by atoms with Crippen molar-refractivity contribution >= 4 is 27.6 Å². The van der Waals surface area contributed by atoms with E-state index in [2.05, 4.69) is 36.3 Å². The van der Waals surface area contributed by atoms with Gasteiger partial charge in [-0.05, 0) is 35.8 Å². The molecule has 0 radical (unpaired) electrons. The number of hydrogen-bond acceptors (Lipinski definition) is 5. The molecule has 0 unspecified atom stereocenters. The van der Waals surface area contributed by atoms with Gasteiger partial charge in [0.25, 0.3) is 5.95 Å². The molecule has 0 saturated heterocycles. The third-order valence-electron chi connectivity index (χ3n) is 2.00. The number of anilines is 2. The maximum absolute atomic E-state index is 5.82. The molecule has 0 spiro atoms. The maximum atomic E-state index is 5.82. The number of rotatable bonds is 3. The average molecular weight is 297 g/mol. The van der Waals surface area contributed by atoms with Crippen molar-refractivity contribution < 1.29 is 0 Å². The van der Waals surface area contributed by atoms with E-state index in [-0.39, 0.29) is 6.04 Å². The molecule has 6 nitrogen and oxygen atoms in total. The second-order valence-electron chi connectivity index (χ2n) is 3.82. The van der Waals surface area contributed by atoms with E-state index in [4.69, 9.17) is 5.73 Å². The van der Waals surface area contributed by atoms with Crippen LogP contribution >= 0.6 is 15.9 Å². The van der Waals surface area contributed by atoms with E-state index < -0.39 is 0 Å². The van der Waals surface area contributed by atoms with Crippen molar-refractivity contribution in [1.82, 2.24) is 19.7 Å². The van der Waals surface area contributed by atoms with Crippen LogP contribution in [0.3, 0.4) is 0 Å². The number of nitrogens with one attached hydrogen (secondary N) is 1. The lowest BCUT2D eigenvalue weighted by atomic mass is 10.4.